The lowest BCUT2D eigenvalue weighted by molar-refractivity contribution is -0.128. The summed E-state index contributed by atoms with van der Waals surface area (Å²) in [6.45, 7) is 3.83. The number of thiocarbonyl (C=S) groups is 1. The highest BCUT2D eigenvalue weighted by atomic mass is 79.9. The first-order valence-corrected chi connectivity index (χ1v) is 7.35. The maximum absolute atomic E-state index is 12.2. The zero-order valence-electron chi connectivity index (χ0n) is 9.68. The highest BCUT2D eigenvalue weighted by Crippen LogP contribution is 2.26. The highest BCUT2D eigenvalue weighted by Gasteiger charge is 2.32. The van der Waals surface area contributed by atoms with Crippen LogP contribution >= 0.6 is 39.5 Å². The van der Waals surface area contributed by atoms with Crippen LogP contribution in [-0.4, -0.2) is 28.4 Å². The van der Waals surface area contributed by atoms with Gasteiger partial charge >= 0.3 is 0 Å². The molecule has 2 amide bonds. The number of hydrogen-bond donors (Lipinski definition) is 1. The van der Waals surface area contributed by atoms with Gasteiger partial charge in [0.15, 0.2) is 5.11 Å². The summed E-state index contributed by atoms with van der Waals surface area (Å²) in [6.07, 6.45) is 3.12. The molecule has 2 rings (SSSR count). The SMILES string of the molecule is C=CCN1C(=O)/C(=C/c2sccc2Br)C(=O)NC1=S. The van der Waals surface area contributed by atoms with Crippen molar-refractivity contribution < 1.29 is 9.59 Å². The Morgan fingerprint density at radius 3 is 2.84 bits per heavy atom. The molecule has 0 aromatic carbocycles. The van der Waals surface area contributed by atoms with Gasteiger partial charge in [-0.15, -0.1) is 17.9 Å². The molecule has 0 bridgehead atoms. The molecule has 1 aliphatic rings. The van der Waals surface area contributed by atoms with Gasteiger partial charge in [0, 0.05) is 15.9 Å². The molecule has 19 heavy (non-hydrogen) atoms. The number of carbonyl (C=O) groups excluding carboxylic acids is 2. The molecule has 0 radical (unpaired) electrons. The maximum Gasteiger partial charge on any atom is 0.265 e. The Kier molecular flexibility index (Phi) is 4.28. The lowest BCUT2D eigenvalue weighted by atomic mass is 10.1. The third-order valence-electron chi connectivity index (χ3n) is 2.42. The molecule has 0 unspecified atom stereocenters. The molecule has 0 aliphatic carbocycles. The monoisotopic (exact) mass is 356 g/mol. The van der Waals surface area contributed by atoms with E-state index in [9.17, 15) is 9.59 Å². The second-order valence-electron chi connectivity index (χ2n) is 3.65. The molecule has 0 atom stereocenters. The first-order valence-electron chi connectivity index (χ1n) is 5.27. The van der Waals surface area contributed by atoms with Crippen molar-refractivity contribution >= 4 is 62.5 Å². The van der Waals surface area contributed by atoms with Crippen molar-refractivity contribution in [1.29, 1.82) is 0 Å². The van der Waals surface area contributed by atoms with Gasteiger partial charge in [0.2, 0.25) is 0 Å². The lowest BCUT2D eigenvalue weighted by Crippen LogP contribution is -2.53. The molecule has 4 nitrogen and oxygen atoms in total. The normalized spacial score (nSPS) is 17.8. The largest absolute Gasteiger partial charge is 0.298 e. The van der Waals surface area contributed by atoms with Crippen LogP contribution in [0.1, 0.15) is 4.88 Å². The topological polar surface area (TPSA) is 49.4 Å². The number of hydrogen-bond acceptors (Lipinski definition) is 4. The van der Waals surface area contributed by atoms with Crippen LogP contribution < -0.4 is 5.32 Å². The van der Waals surface area contributed by atoms with Crippen LogP contribution in [0.5, 0.6) is 0 Å². The molecule has 1 aromatic heterocycles. The Morgan fingerprint density at radius 2 is 2.26 bits per heavy atom. The smallest absolute Gasteiger partial charge is 0.265 e. The van der Waals surface area contributed by atoms with Crippen molar-refractivity contribution in [2.24, 2.45) is 0 Å². The maximum atomic E-state index is 12.2. The molecule has 1 aliphatic heterocycles. The first kappa shape index (κ1) is 14.1. The fraction of sp³-hybridized carbons (Fsp3) is 0.0833. The van der Waals surface area contributed by atoms with E-state index in [0.29, 0.717) is 0 Å². The minimum absolute atomic E-state index is 0.0681. The average Bonchev–Trinajstić information content (AvgIpc) is 2.76. The number of amides is 2. The molecular formula is C12H9BrN2O2S2. The van der Waals surface area contributed by atoms with E-state index in [1.165, 1.54) is 16.2 Å². The molecule has 2 heterocycles. The number of rotatable bonds is 3. The number of carbonyl (C=O) groups is 2. The Balaban J connectivity index is 2.39. The second kappa shape index (κ2) is 5.77. The Hall–Kier alpha value is -1.31. The molecule has 0 spiro atoms. The van der Waals surface area contributed by atoms with Crippen molar-refractivity contribution in [2.75, 3.05) is 6.54 Å². The van der Waals surface area contributed by atoms with Crippen LogP contribution in [0.2, 0.25) is 0 Å². The van der Waals surface area contributed by atoms with E-state index in [1.54, 1.807) is 12.2 Å². The summed E-state index contributed by atoms with van der Waals surface area (Å²) in [5.74, 6) is -0.885. The van der Waals surface area contributed by atoms with E-state index in [0.717, 1.165) is 9.35 Å². The van der Waals surface area contributed by atoms with Crippen LogP contribution in [0, 0.1) is 0 Å². The van der Waals surface area contributed by atoms with E-state index >= 15 is 0 Å². The van der Waals surface area contributed by atoms with Gasteiger partial charge in [0.25, 0.3) is 11.8 Å². The zero-order valence-corrected chi connectivity index (χ0v) is 12.9. The Morgan fingerprint density at radius 1 is 1.53 bits per heavy atom. The summed E-state index contributed by atoms with van der Waals surface area (Å²) in [5.41, 5.74) is 0.0681. The van der Waals surface area contributed by atoms with Crippen molar-refractivity contribution in [3.63, 3.8) is 0 Å². The third kappa shape index (κ3) is 2.83. The second-order valence-corrected chi connectivity index (χ2v) is 5.84. The summed E-state index contributed by atoms with van der Waals surface area (Å²) in [4.78, 5) is 26.2. The molecule has 7 heteroatoms. The van der Waals surface area contributed by atoms with Crippen LogP contribution in [0.3, 0.4) is 0 Å². The Labute approximate surface area is 127 Å². The van der Waals surface area contributed by atoms with Gasteiger partial charge < -0.3 is 0 Å². The molecule has 1 N–H and O–H groups in total. The highest BCUT2D eigenvalue weighted by molar-refractivity contribution is 9.10. The summed E-state index contributed by atoms with van der Waals surface area (Å²) in [7, 11) is 0. The predicted octanol–water partition coefficient (Wildman–Crippen LogP) is 2.32. The summed E-state index contributed by atoms with van der Waals surface area (Å²) in [5, 5.41) is 4.47. The molecular weight excluding hydrogens is 348 g/mol. The quantitative estimate of drug-likeness (QED) is 0.391. The van der Waals surface area contributed by atoms with Gasteiger partial charge in [0.1, 0.15) is 5.57 Å². The van der Waals surface area contributed by atoms with Crippen LogP contribution in [0.4, 0.5) is 0 Å². The van der Waals surface area contributed by atoms with Crippen molar-refractivity contribution in [2.45, 2.75) is 0 Å². The number of nitrogens with zero attached hydrogens (tertiary/aromatic N) is 1. The minimum Gasteiger partial charge on any atom is -0.298 e. The summed E-state index contributed by atoms with van der Waals surface area (Å²) < 4.78 is 0.842. The number of thiophene rings is 1. The third-order valence-corrected chi connectivity index (χ3v) is 4.56. The van der Waals surface area contributed by atoms with E-state index in [2.05, 4.69) is 27.8 Å². The molecule has 1 saturated heterocycles. The van der Waals surface area contributed by atoms with Crippen molar-refractivity contribution in [3.05, 3.63) is 39.0 Å². The number of nitrogens with one attached hydrogen (secondary N) is 1. The standard InChI is InChI=1S/C12H9BrN2O2S2/c1-2-4-15-11(17)7(10(16)14-12(15)18)6-9-8(13)3-5-19-9/h2-3,5-6H,1,4H2,(H,14,16,18)/b7-6+. The van der Waals surface area contributed by atoms with E-state index in [1.807, 2.05) is 11.4 Å². The van der Waals surface area contributed by atoms with Gasteiger partial charge in [-0.3, -0.25) is 19.8 Å². The van der Waals surface area contributed by atoms with Crippen molar-refractivity contribution in [1.82, 2.24) is 10.2 Å². The molecule has 0 saturated carbocycles. The zero-order chi connectivity index (χ0) is 14.0. The minimum atomic E-state index is -0.476. The van der Waals surface area contributed by atoms with E-state index < -0.39 is 11.8 Å². The Bertz CT molecular complexity index is 607. The fourth-order valence-electron chi connectivity index (χ4n) is 1.53. The summed E-state index contributed by atoms with van der Waals surface area (Å²) in [6, 6.07) is 1.86. The van der Waals surface area contributed by atoms with Gasteiger partial charge in [-0.2, -0.15) is 0 Å². The van der Waals surface area contributed by atoms with Crippen LogP contribution in [0.15, 0.2) is 34.1 Å². The first-order chi connectivity index (χ1) is 9.04. The van der Waals surface area contributed by atoms with Gasteiger partial charge in [-0.1, -0.05) is 6.08 Å². The van der Waals surface area contributed by atoms with Crippen molar-refractivity contribution in [3.8, 4) is 0 Å². The fourth-order valence-corrected chi connectivity index (χ4v) is 3.20. The van der Waals surface area contributed by atoms with Gasteiger partial charge in [-0.05, 0) is 45.7 Å². The van der Waals surface area contributed by atoms with Gasteiger partial charge in [-0.25, -0.2) is 0 Å². The predicted molar refractivity (Wildman–Crippen MR) is 82.6 cm³/mol. The molecule has 1 aromatic rings. The van der Waals surface area contributed by atoms with Gasteiger partial charge in [0.05, 0.1) is 0 Å². The number of halogens is 1. The average molecular weight is 357 g/mol. The van der Waals surface area contributed by atoms with Crippen LogP contribution in [0.25, 0.3) is 6.08 Å². The lowest BCUT2D eigenvalue weighted by Gasteiger charge is -2.27. The van der Waals surface area contributed by atoms with Crippen LogP contribution in [-0.2, 0) is 9.59 Å². The molecule has 98 valence electrons. The van der Waals surface area contributed by atoms with E-state index in [-0.39, 0.29) is 17.2 Å². The molecule has 1 fully saturated rings. The van der Waals surface area contributed by atoms with E-state index in [4.69, 9.17) is 12.2 Å². The summed E-state index contributed by atoms with van der Waals surface area (Å²) >= 11 is 9.76.